The molecule has 1 amide bonds. The summed E-state index contributed by atoms with van der Waals surface area (Å²) in [5.41, 5.74) is 0. The average molecular weight is 291 g/mol. The first-order valence-corrected chi connectivity index (χ1v) is 7.43. The topological polar surface area (TPSA) is 32.3 Å². The lowest BCUT2D eigenvalue weighted by molar-refractivity contribution is -0.121. The van der Waals surface area contributed by atoms with Crippen LogP contribution in [0.4, 0.5) is 0 Å². The van der Waals surface area contributed by atoms with Crippen molar-refractivity contribution in [3.05, 3.63) is 0 Å². The highest BCUT2D eigenvalue weighted by Crippen LogP contribution is 2.14. The predicted octanol–water partition coefficient (Wildman–Crippen LogP) is 2.01. The smallest absolute Gasteiger partial charge is 0.220 e. The second-order valence-electron chi connectivity index (χ2n) is 4.50. The molecule has 0 saturated carbocycles. The molecule has 0 radical (unpaired) electrons. The van der Waals surface area contributed by atoms with Crippen molar-refractivity contribution in [3.8, 4) is 0 Å². The van der Waals surface area contributed by atoms with Crippen molar-refractivity contribution in [2.75, 3.05) is 31.5 Å². The first-order valence-electron chi connectivity index (χ1n) is 6.31. The van der Waals surface area contributed by atoms with Gasteiger partial charge in [-0.25, -0.2) is 0 Å². The van der Waals surface area contributed by atoms with Gasteiger partial charge < -0.3 is 10.2 Å². The molecular weight excluding hydrogens is 268 g/mol. The van der Waals surface area contributed by atoms with Crippen molar-refractivity contribution in [1.82, 2.24) is 10.2 Å². The highest BCUT2D eigenvalue weighted by molar-refractivity contribution is 9.09. The Morgan fingerprint density at radius 1 is 1.50 bits per heavy atom. The van der Waals surface area contributed by atoms with Crippen LogP contribution in [0.25, 0.3) is 0 Å². The maximum atomic E-state index is 11.5. The first-order chi connectivity index (χ1) is 7.76. The molecule has 0 spiro atoms. The number of halogens is 1. The summed E-state index contributed by atoms with van der Waals surface area (Å²) in [6.07, 6.45) is 3.98. The molecule has 1 N–H and O–H groups in total. The Morgan fingerprint density at radius 2 is 2.31 bits per heavy atom. The normalized spacial score (nSPS) is 21.2. The highest BCUT2D eigenvalue weighted by Gasteiger charge is 2.21. The van der Waals surface area contributed by atoms with Gasteiger partial charge in [0.2, 0.25) is 5.91 Å². The summed E-state index contributed by atoms with van der Waals surface area (Å²) in [7, 11) is 0. The van der Waals surface area contributed by atoms with Crippen molar-refractivity contribution in [1.29, 1.82) is 0 Å². The zero-order valence-electron chi connectivity index (χ0n) is 10.2. The van der Waals surface area contributed by atoms with E-state index in [4.69, 9.17) is 0 Å². The molecule has 3 nitrogen and oxygen atoms in total. The minimum Gasteiger partial charge on any atom is -0.356 e. The Hall–Kier alpha value is -0.0900. The van der Waals surface area contributed by atoms with E-state index in [1.165, 1.54) is 13.0 Å². The van der Waals surface area contributed by atoms with Gasteiger partial charge in [-0.05, 0) is 38.3 Å². The molecule has 1 fully saturated rings. The summed E-state index contributed by atoms with van der Waals surface area (Å²) < 4.78 is 0. The van der Waals surface area contributed by atoms with Crippen LogP contribution < -0.4 is 5.32 Å². The van der Waals surface area contributed by atoms with Gasteiger partial charge in [-0.1, -0.05) is 22.9 Å². The van der Waals surface area contributed by atoms with Crippen LogP contribution in [0.1, 0.15) is 32.6 Å². The quantitative estimate of drug-likeness (QED) is 0.575. The average Bonchev–Trinajstić information content (AvgIpc) is 2.74. The summed E-state index contributed by atoms with van der Waals surface area (Å²) in [6.45, 7) is 6.54. The third-order valence-corrected chi connectivity index (χ3v) is 3.75. The number of hydrogen-bond donors (Lipinski definition) is 1. The van der Waals surface area contributed by atoms with Gasteiger partial charge in [-0.3, -0.25) is 4.79 Å². The van der Waals surface area contributed by atoms with E-state index in [2.05, 4.69) is 33.1 Å². The fourth-order valence-corrected chi connectivity index (χ4v) is 2.49. The molecule has 94 valence electrons. The third kappa shape index (κ3) is 5.30. The number of unbranched alkanes of at least 4 members (excludes halogenated alkanes) is 1. The summed E-state index contributed by atoms with van der Waals surface area (Å²) >= 11 is 3.37. The van der Waals surface area contributed by atoms with Crippen molar-refractivity contribution in [3.63, 3.8) is 0 Å². The summed E-state index contributed by atoms with van der Waals surface area (Å²) in [5.74, 6) is 0.885. The Morgan fingerprint density at radius 3 is 2.94 bits per heavy atom. The van der Waals surface area contributed by atoms with Crippen molar-refractivity contribution in [2.45, 2.75) is 32.6 Å². The molecule has 0 bridgehead atoms. The summed E-state index contributed by atoms with van der Waals surface area (Å²) in [6, 6.07) is 0. The molecule has 1 aliphatic heterocycles. The second kappa shape index (κ2) is 8.07. The zero-order valence-corrected chi connectivity index (χ0v) is 11.8. The van der Waals surface area contributed by atoms with Gasteiger partial charge in [0.25, 0.3) is 0 Å². The number of alkyl halides is 1. The molecule has 1 aliphatic rings. The maximum Gasteiger partial charge on any atom is 0.220 e. The number of carbonyl (C=O) groups is 1. The van der Waals surface area contributed by atoms with Crippen LogP contribution in [0.2, 0.25) is 0 Å². The molecule has 1 saturated heterocycles. The van der Waals surface area contributed by atoms with E-state index in [1.807, 2.05) is 0 Å². The summed E-state index contributed by atoms with van der Waals surface area (Å²) in [4.78, 5) is 13.9. The van der Waals surface area contributed by atoms with Gasteiger partial charge in [-0.2, -0.15) is 0 Å². The van der Waals surface area contributed by atoms with Crippen molar-refractivity contribution in [2.24, 2.45) is 5.92 Å². The van der Waals surface area contributed by atoms with Crippen LogP contribution in [0, 0.1) is 5.92 Å². The van der Waals surface area contributed by atoms with Gasteiger partial charge in [0, 0.05) is 24.8 Å². The van der Waals surface area contributed by atoms with Crippen LogP contribution in [-0.4, -0.2) is 42.3 Å². The highest BCUT2D eigenvalue weighted by atomic mass is 79.9. The van der Waals surface area contributed by atoms with Crippen LogP contribution in [-0.2, 0) is 4.79 Å². The lowest BCUT2D eigenvalue weighted by atomic mass is 10.1. The van der Waals surface area contributed by atoms with Gasteiger partial charge in [0.15, 0.2) is 0 Å². The van der Waals surface area contributed by atoms with Gasteiger partial charge in [0.1, 0.15) is 0 Å². The largest absolute Gasteiger partial charge is 0.356 e. The standard InChI is InChI=1S/C12H23BrN2O/c1-2-15-8-6-11(10-15)9-14-12(16)5-3-4-7-13/h11H,2-10H2,1H3,(H,14,16). The molecule has 16 heavy (non-hydrogen) atoms. The molecule has 1 atom stereocenters. The molecule has 0 aromatic heterocycles. The fraction of sp³-hybridized carbons (Fsp3) is 0.917. The van der Waals surface area contributed by atoms with E-state index in [-0.39, 0.29) is 5.91 Å². The number of nitrogens with zero attached hydrogens (tertiary/aromatic N) is 1. The Labute approximate surface area is 107 Å². The van der Waals surface area contributed by atoms with Crippen molar-refractivity contribution < 1.29 is 4.79 Å². The minimum absolute atomic E-state index is 0.218. The molecule has 4 heteroatoms. The molecule has 0 aromatic carbocycles. The van der Waals surface area contributed by atoms with Crippen LogP contribution in [0.15, 0.2) is 0 Å². The van der Waals surface area contributed by atoms with E-state index in [1.54, 1.807) is 0 Å². The Kier molecular flexibility index (Phi) is 7.05. The molecule has 1 heterocycles. The molecule has 1 unspecified atom stereocenters. The van der Waals surface area contributed by atoms with E-state index >= 15 is 0 Å². The van der Waals surface area contributed by atoms with Gasteiger partial charge in [0.05, 0.1) is 0 Å². The Bertz CT molecular complexity index is 211. The lowest BCUT2D eigenvalue weighted by Crippen LogP contribution is -2.30. The van der Waals surface area contributed by atoms with Gasteiger partial charge in [-0.15, -0.1) is 0 Å². The summed E-state index contributed by atoms with van der Waals surface area (Å²) in [5, 5.41) is 4.04. The van der Waals surface area contributed by atoms with E-state index in [9.17, 15) is 4.79 Å². The second-order valence-corrected chi connectivity index (χ2v) is 5.29. The van der Waals surface area contributed by atoms with Crippen molar-refractivity contribution >= 4 is 21.8 Å². The predicted molar refractivity (Wildman–Crippen MR) is 70.9 cm³/mol. The first kappa shape index (κ1) is 14.0. The molecule has 0 aliphatic carbocycles. The van der Waals surface area contributed by atoms with E-state index in [0.29, 0.717) is 12.3 Å². The number of amides is 1. The number of carbonyl (C=O) groups excluding carboxylic acids is 1. The van der Waals surface area contributed by atoms with E-state index < -0.39 is 0 Å². The number of nitrogens with one attached hydrogen (secondary N) is 1. The fourth-order valence-electron chi connectivity index (χ4n) is 2.09. The molecule has 0 aromatic rings. The molecular formula is C12H23BrN2O. The van der Waals surface area contributed by atoms with E-state index in [0.717, 1.165) is 37.8 Å². The lowest BCUT2D eigenvalue weighted by Gasteiger charge is -2.13. The monoisotopic (exact) mass is 290 g/mol. The minimum atomic E-state index is 0.218. The maximum absolute atomic E-state index is 11.5. The van der Waals surface area contributed by atoms with Gasteiger partial charge >= 0.3 is 0 Å². The number of likely N-dealkylation sites (tertiary alicyclic amines) is 1. The third-order valence-electron chi connectivity index (χ3n) is 3.19. The zero-order chi connectivity index (χ0) is 11.8. The Balaban J connectivity index is 2.04. The van der Waals surface area contributed by atoms with Crippen LogP contribution >= 0.6 is 15.9 Å². The number of hydrogen-bond acceptors (Lipinski definition) is 2. The SMILES string of the molecule is CCN1CCC(CNC(=O)CCCCBr)C1. The number of rotatable bonds is 7. The van der Waals surface area contributed by atoms with Crippen LogP contribution in [0.5, 0.6) is 0 Å². The molecule has 1 rings (SSSR count). The van der Waals surface area contributed by atoms with Crippen LogP contribution in [0.3, 0.4) is 0 Å².